The van der Waals surface area contributed by atoms with Crippen molar-refractivity contribution in [2.45, 2.75) is 13.1 Å². The first kappa shape index (κ1) is 15.7. The van der Waals surface area contributed by atoms with Gasteiger partial charge in [-0.05, 0) is 24.7 Å². The van der Waals surface area contributed by atoms with E-state index in [0.29, 0.717) is 5.69 Å². The molecule has 1 N–H and O–H groups in total. The van der Waals surface area contributed by atoms with Gasteiger partial charge < -0.3 is 5.32 Å². The Bertz CT molecular complexity index is 758. The molecule has 3 rings (SSSR count). The van der Waals surface area contributed by atoms with Gasteiger partial charge in [0, 0.05) is 24.2 Å². The van der Waals surface area contributed by atoms with Gasteiger partial charge in [-0.15, -0.1) is 11.3 Å². The summed E-state index contributed by atoms with van der Waals surface area (Å²) in [7, 11) is 2.05. The van der Waals surface area contributed by atoms with E-state index in [4.69, 9.17) is 0 Å². The van der Waals surface area contributed by atoms with E-state index in [0.717, 1.165) is 41.8 Å². The van der Waals surface area contributed by atoms with Gasteiger partial charge >= 0.3 is 0 Å². The van der Waals surface area contributed by atoms with Crippen LogP contribution in [-0.4, -0.2) is 31.6 Å². The molecule has 0 spiro atoms. The molecule has 0 fully saturated rings. The van der Waals surface area contributed by atoms with Crippen LogP contribution in [0.4, 0.5) is 5.69 Å². The van der Waals surface area contributed by atoms with E-state index in [2.05, 4.69) is 29.3 Å². The number of hydrogen-bond acceptors (Lipinski definition) is 7. The number of rotatable bonds is 6. The third-order valence-corrected chi connectivity index (χ3v) is 4.26. The maximum Gasteiger partial charge on any atom is 0.277 e. The minimum Gasteiger partial charge on any atom is -0.321 e. The summed E-state index contributed by atoms with van der Waals surface area (Å²) < 4.78 is 7.76. The lowest BCUT2D eigenvalue weighted by Crippen LogP contribution is -2.18. The van der Waals surface area contributed by atoms with Crippen molar-refractivity contribution in [3.05, 3.63) is 58.3 Å². The number of thiazole rings is 1. The molecule has 3 aromatic rings. The molecule has 0 aliphatic carbocycles. The van der Waals surface area contributed by atoms with Crippen molar-refractivity contribution in [3.63, 3.8) is 0 Å². The Morgan fingerprint density at radius 2 is 2.26 bits per heavy atom. The van der Waals surface area contributed by atoms with Gasteiger partial charge in [0.05, 0.1) is 29.1 Å². The topological polar surface area (TPSA) is 71.0 Å². The molecule has 1 amide bonds. The molecule has 2 aromatic heterocycles. The van der Waals surface area contributed by atoms with Crippen LogP contribution in [0.25, 0.3) is 0 Å². The Morgan fingerprint density at radius 3 is 3.00 bits per heavy atom. The number of nitrogens with zero attached hydrogens (tertiary/aromatic N) is 4. The highest BCUT2D eigenvalue weighted by atomic mass is 32.1. The summed E-state index contributed by atoms with van der Waals surface area (Å²) in [4.78, 5) is 18.5. The fraction of sp³-hybridized carbons (Fsp3) is 0.200. The number of carbonyl (C=O) groups is 1. The zero-order valence-electron chi connectivity index (χ0n) is 12.5. The maximum atomic E-state index is 12.0. The molecule has 1 aromatic carbocycles. The average molecular weight is 345 g/mol. The van der Waals surface area contributed by atoms with Gasteiger partial charge in [-0.1, -0.05) is 12.1 Å². The maximum absolute atomic E-state index is 12.0. The first-order chi connectivity index (χ1) is 11.2. The number of anilines is 1. The summed E-state index contributed by atoms with van der Waals surface area (Å²) in [6, 6.07) is 7.80. The number of nitrogens with one attached hydrogen (secondary N) is 1. The Balaban J connectivity index is 1.61. The monoisotopic (exact) mass is 345 g/mol. The quantitative estimate of drug-likeness (QED) is 0.744. The van der Waals surface area contributed by atoms with Crippen LogP contribution in [0, 0.1) is 0 Å². The van der Waals surface area contributed by atoms with Crippen LogP contribution in [0.5, 0.6) is 0 Å². The molecule has 0 aliphatic rings. The number of carbonyl (C=O) groups excluding carboxylic acids is 1. The summed E-state index contributed by atoms with van der Waals surface area (Å²) in [5, 5.41) is 4.89. The minimum atomic E-state index is -0.244. The molecule has 6 nitrogen and oxygen atoms in total. The number of amides is 1. The van der Waals surface area contributed by atoms with Crippen LogP contribution < -0.4 is 5.32 Å². The summed E-state index contributed by atoms with van der Waals surface area (Å²) in [6.45, 7) is 1.57. The lowest BCUT2D eigenvalue weighted by molar-refractivity contribution is 0.102. The van der Waals surface area contributed by atoms with E-state index in [1.807, 2.05) is 36.8 Å². The van der Waals surface area contributed by atoms with Gasteiger partial charge in [0.25, 0.3) is 5.91 Å². The van der Waals surface area contributed by atoms with Crippen molar-refractivity contribution in [2.24, 2.45) is 0 Å². The summed E-state index contributed by atoms with van der Waals surface area (Å²) in [5.74, 6) is -0.244. The van der Waals surface area contributed by atoms with E-state index in [-0.39, 0.29) is 5.91 Å². The zero-order valence-corrected chi connectivity index (χ0v) is 14.1. The predicted octanol–water partition coefficient (Wildman–Crippen LogP) is 2.88. The second kappa shape index (κ2) is 7.40. The highest BCUT2D eigenvalue weighted by Crippen LogP contribution is 2.14. The van der Waals surface area contributed by atoms with Crippen molar-refractivity contribution in [2.75, 3.05) is 12.4 Å². The van der Waals surface area contributed by atoms with Crippen molar-refractivity contribution in [1.29, 1.82) is 0 Å². The lowest BCUT2D eigenvalue weighted by Gasteiger charge is -2.16. The second-order valence-corrected chi connectivity index (χ2v) is 6.37. The number of benzene rings is 1. The molecule has 0 saturated carbocycles. The largest absolute Gasteiger partial charge is 0.321 e. The molecule has 0 bridgehead atoms. The summed E-state index contributed by atoms with van der Waals surface area (Å²) in [6.07, 6.45) is 1.46. The van der Waals surface area contributed by atoms with E-state index in [1.54, 1.807) is 11.3 Å². The molecular formula is C15H15N5OS2. The molecule has 0 radical (unpaired) electrons. The van der Waals surface area contributed by atoms with Crippen molar-refractivity contribution in [1.82, 2.24) is 18.6 Å². The van der Waals surface area contributed by atoms with Crippen molar-refractivity contribution in [3.8, 4) is 0 Å². The van der Waals surface area contributed by atoms with Crippen LogP contribution in [0.3, 0.4) is 0 Å². The smallest absolute Gasteiger partial charge is 0.277 e. The van der Waals surface area contributed by atoms with Crippen LogP contribution in [0.15, 0.2) is 41.4 Å². The van der Waals surface area contributed by atoms with Gasteiger partial charge in [0.2, 0.25) is 0 Å². The van der Waals surface area contributed by atoms with E-state index in [1.165, 1.54) is 6.20 Å². The third-order valence-electron chi connectivity index (χ3n) is 3.15. The van der Waals surface area contributed by atoms with Gasteiger partial charge in [-0.2, -0.15) is 8.75 Å². The normalized spacial score (nSPS) is 10.9. The number of hydrogen-bond donors (Lipinski definition) is 1. The Hall–Kier alpha value is -2.16. The third kappa shape index (κ3) is 4.41. The van der Waals surface area contributed by atoms with E-state index in [9.17, 15) is 4.79 Å². The summed E-state index contributed by atoms with van der Waals surface area (Å²) >= 11 is 2.62. The van der Waals surface area contributed by atoms with E-state index >= 15 is 0 Å². The molecule has 0 aliphatic heterocycles. The molecule has 23 heavy (non-hydrogen) atoms. The fourth-order valence-electron chi connectivity index (χ4n) is 2.17. The van der Waals surface area contributed by atoms with Crippen LogP contribution >= 0.6 is 23.1 Å². The molecule has 0 atom stereocenters. The first-order valence-corrected chi connectivity index (χ1v) is 8.61. The van der Waals surface area contributed by atoms with Crippen LogP contribution in [0.2, 0.25) is 0 Å². The van der Waals surface area contributed by atoms with E-state index < -0.39 is 0 Å². The highest BCUT2D eigenvalue weighted by Gasteiger charge is 2.10. The molecular weight excluding hydrogens is 330 g/mol. The van der Waals surface area contributed by atoms with Crippen molar-refractivity contribution >= 4 is 34.7 Å². The van der Waals surface area contributed by atoms with Crippen molar-refractivity contribution < 1.29 is 4.79 Å². The van der Waals surface area contributed by atoms with Crippen LogP contribution in [-0.2, 0) is 13.1 Å². The Kier molecular flexibility index (Phi) is 5.06. The lowest BCUT2D eigenvalue weighted by atomic mass is 10.2. The average Bonchev–Trinajstić information content (AvgIpc) is 3.20. The van der Waals surface area contributed by atoms with Crippen LogP contribution in [0.1, 0.15) is 21.7 Å². The molecule has 0 unspecified atom stereocenters. The summed E-state index contributed by atoms with van der Waals surface area (Å²) in [5.41, 5.74) is 5.12. The minimum absolute atomic E-state index is 0.244. The second-order valence-electron chi connectivity index (χ2n) is 5.10. The highest BCUT2D eigenvalue weighted by molar-refractivity contribution is 7.07. The Morgan fingerprint density at radius 1 is 1.35 bits per heavy atom. The molecule has 8 heteroatoms. The van der Waals surface area contributed by atoms with Gasteiger partial charge in [-0.25, -0.2) is 4.98 Å². The first-order valence-electron chi connectivity index (χ1n) is 6.94. The standard InChI is InChI=1S/C15H15N5OS2/c1-20(8-13-9-22-10-16-13)7-11-3-2-4-12(5-11)18-15(21)14-6-17-23-19-14/h2-6,9-10H,7-8H2,1H3,(H,18,21). The van der Waals surface area contributed by atoms with Gasteiger partial charge in [0.1, 0.15) is 0 Å². The molecule has 0 saturated heterocycles. The zero-order chi connectivity index (χ0) is 16.1. The van der Waals surface area contributed by atoms with Gasteiger partial charge in [-0.3, -0.25) is 9.69 Å². The van der Waals surface area contributed by atoms with Gasteiger partial charge in [0.15, 0.2) is 5.69 Å². The Labute approximate surface area is 142 Å². The molecule has 2 heterocycles. The predicted molar refractivity (Wildman–Crippen MR) is 91.6 cm³/mol. The fourth-order valence-corrected chi connectivity index (χ4v) is 3.13. The SMILES string of the molecule is CN(Cc1cccc(NC(=O)c2cnsn2)c1)Cc1cscn1. The molecule has 118 valence electrons. The number of aromatic nitrogens is 3.